The Kier molecular flexibility index (Phi) is 8.53. The van der Waals surface area contributed by atoms with Crippen molar-refractivity contribution in [3.8, 4) is 5.75 Å². The molecule has 0 aromatic heterocycles. The fourth-order valence-electron chi connectivity index (χ4n) is 4.22. The molecule has 0 saturated carbocycles. The third-order valence-corrected chi connectivity index (χ3v) is 7.91. The molecule has 0 aliphatic carbocycles. The smallest absolute Gasteiger partial charge is 0.243 e. The molecule has 3 rings (SSSR count). The van der Waals surface area contributed by atoms with Crippen LogP contribution in [0.1, 0.15) is 45.4 Å². The molecule has 168 valence electrons. The van der Waals surface area contributed by atoms with E-state index in [-0.39, 0.29) is 16.7 Å². The molecule has 2 heterocycles. The summed E-state index contributed by atoms with van der Waals surface area (Å²) >= 11 is 0. The minimum atomic E-state index is -3.54. The minimum Gasteiger partial charge on any atom is -0.494 e. The number of benzene rings is 1. The Morgan fingerprint density at radius 1 is 1.07 bits per heavy atom. The molecule has 0 bridgehead atoms. The molecule has 1 N–H and O–H groups in total. The topological polar surface area (TPSA) is 79.0 Å². The zero-order chi connectivity index (χ0) is 21.4. The van der Waals surface area contributed by atoms with Crippen LogP contribution < -0.4 is 10.1 Å². The Morgan fingerprint density at radius 2 is 1.73 bits per heavy atom. The van der Waals surface area contributed by atoms with Crippen LogP contribution in [0.3, 0.4) is 0 Å². The van der Waals surface area contributed by atoms with Gasteiger partial charge in [-0.2, -0.15) is 4.31 Å². The van der Waals surface area contributed by atoms with Gasteiger partial charge >= 0.3 is 0 Å². The van der Waals surface area contributed by atoms with Crippen molar-refractivity contribution in [3.05, 3.63) is 24.3 Å². The van der Waals surface area contributed by atoms with Crippen molar-refractivity contribution in [1.29, 1.82) is 0 Å². The molecule has 2 saturated heterocycles. The summed E-state index contributed by atoms with van der Waals surface area (Å²) in [4.78, 5) is 15.2. The van der Waals surface area contributed by atoms with Crippen LogP contribution in [0.15, 0.2) is 29.2 Å². The normalized spacial score (nSPS) is 19.5. The van der Waals surface area contributed by atoms with Crippen LogP contribution in [0.5, 0.6) is 5.75 Å². The number of hydrogen-bond acceptors (Lipinski definition) is 5. The van der Waals surface area contributed by atoms with Gasteiger partial charge in [-0.25, -0.2) is 8.42 Å². The van der Waals surface area contributed by atoms with Gasteiger partial charge in [-0.15, -0.1) is 0 Å². The first kappa shape index (κ1) is 23.0. The van der Waals surface area contributed by atoms with Crippen LogP contribution in [-0.2, 0) is 14.8 Å². The lowest BCUT2D eigenvalue weighted by molar-refractivity contribution is -0.126. The first-order valence-electron chi connectivity index (χ1n) is 11.2. The summed E-state index contributed by atoms with van der Waals surface area (Å²) < 4.78 is 32.6. The first-order valence-corrected chi connectivity index (χ1v) is 12.7. The maximum Gasteiger partial charge on any atom is 0.243 e. The summed E-state index contributed by atoms with van der Waals surface area (Å²) in [6.45, 7) is 7.27. The average Bonchev–Trinajstić information content (AvgIpc) is 2.78. The molecule has 1 aromatic carbocycles. The highest BCUT2D eigenvalue weighted by molar-refractivity contribution is 7.89. The van der Waals surface area contributed by atoms with Crippen LogP contribution in [0, 0.1) is 5.92 Å². The van der Waals surface area contributed by atoms with Gasteiger partial charge in [0.25, 0.3) is 0 Å². The maximum atomic E-state index is 12.9. The number of ether oxygens (including phenoxy) is 1. The van der Waals surface area contributed by atoms with E-state index in [1.807, 2.05) is 6.92 Å². The van der Waals surface area contributed by atoms with Crippen LogP contribution in [0.4, 0.5) is 0 Å². The number of rotatable bonds is 9. The van der Waals surface area contributed by atoms with Gasteiger partial charge in [0.15, 0.2) is 0 Å². The zero-order valence-electron chi connectivity index (χ0n) is 18.0. The van der Waals surface area contributed by atoms with Crippen LogP contribution in [-0.4, -0.2) is 69.4 Å². The van der Waals surface area contributed by atoms with Crippen LogP contribution in [0.2, 0.25) is 0 Å². The molecule has 0 spiro atoms. The van der Waals surface area contributed by atoms with Gasteiger partial charge in [0.2, 0.25) is 15.9 Å². The summed E-state index contributed by atoms with van der Waals surface area (Å²) in [6.07, 6.45) is 5.99. The Morgan fingerprint density at radius 3 is 2.37 bits per heavy atom. The molecule has 30 heavy (non-hydrogen) atoms. The van der Waals surface area contributed by atoms with Crippen LogP contribution >= 0.6 is 0 Å². The molecule has 1 amide bonds. The van der Waals surface area contributed by atoms with Gasteiger partial charge in [-0.05, 0) is 82.9 Å². The number of likely N-dealkylation sites (tertiary alicyclic amines) is 1. The van der Waals surface area contributed by atoms with E-state index in [0.717, 1.165) is 13.0 Å². The second-order valence-electron chi connectivity index (χ2n) is 8.13. The number of hydrogen-bond donors (Lipinski definition) is 1. The number of carbonyl (C=O) groups excluding carboxylic acids is 1. The van der Waals surface area contributed by atoms with Gasteiger partial charge in [0.1, 0.15) is 5.75 Å². The van der Waals surface area contributed by atoms with Gasteiger partial charge in [0, 0.05) is 25.6 Å². The standard InChI is InChI=1S/C22H35N3O4S/c1-2-29-20-7-9-21(10-8-20)30(27,28)25-17-11-19(12-18-25)22(26)23-13-6-16-24-14-4-3-5-15-24/h7-10,19H,2-6,11-18H2,1H3,(H,23,26). The second-order valence-corrected chi connectivity index (χ2v) is 10.1. The van der Waals surface area contributed by atoms with E-state index in [1.54, 1.807) is 24.3 Å². The van der Waals surface area contributed by atoms with Crippen molar-refractivity contribution in [1.82, 2.24) is 14.5 Å². The van der Waals surface area contributed by atoms with Crippen molar-refractivity contribution >= 4 is 15.9 Å². The van der Waals surface area contributed by atoms with Crippen molar-refractivity contribution < 1.29 is 17.9 Å². The molecule has 0 unspecified atom stereocenters. The lowest BCUT2D eigenvalue weighted by Crippen LogP contribution is -2.43. The number of carbonyl (C=O) groups is 1. The van der Waals surface area contributed by atoms with E-state index >= 15 is 0 Å². The fraction of sp³-hybridized carbons (Fsp3) is 0.682. The Labute approximate surface area is 180 Å². The molecule has 8 heteroatoms. The molecule has 7 nitrogen and oxygen atoms in total. The number of sulfonamides is 1. The van der Waals surface area contributed by atoms with Crippen molar-refractivity contribution in [3.63, 3.8) is 0 Å². The lowest BCUT2D eigenvalue weighted by atomic mass is 9.97. The van der Waals surface area contributed by atoms with E-state index in [0.29, 0.717) is 44.8 Å². The Bertz CT molecular complexity index is 768. The highest BCUT2D eigenvalue weighted by atomic mass is 32.2. The first-order chi connectivity index (χ1) is 14.5. The zero-order valence-corrected chi connectivity index (χ0v) is 18.8. The Balaban J connectivity index is 1.41. The molecular formula is C22H35N3O4S. The van der Waals surface area contributed by atoms with Crippen molar-refractivity contribution in [2.75, 3.05) is 45.9 Å². The number of nitrogens with zero attached hydrogens (tertiary/aromatic N) is 2. The molecule has 0 radical (unpaired) electrons. The quantitative estimate of drug-likeness (QED) is 0.601. The van der Waals surface area contributed by atoms with Gasteiger partial charge < -0.3 is 15.0 Å². The number of amides is 1. The van der Waals surface area contributed by atoms with E-state index in [2.05, 4.69) is 10.2 Å². The third kappa shape index (κ3) is 6.18. The minimum absolute atomic E-state index is 0.0618. The van der Waals surface area contributed by atoms with E-state index in [4.69, 9.17) is 4.74 Å². The van der Waals surface area contributed by atoms with Gasteiger partial charge in [-0.1, -0.05) is 6.42 Å². The summed E-state index contributed by atoms with van der Waals surface area (Å²) in [5.74, 6) is 0.616. The predicted molar refractivity (Wildman–Crippen MR) is 117 cm³/mol. The van der Waals surface area contributed by atoms with Crippen molar-refractivity contribution in [2.24, 2.45) is 5.92 Å². The average molecular weight is 438 g/mol. The third-order valence-electron chi connectivity index (χ3n) is 6.00. The number of nitrogens with one attached hydrogen (secondary N) is 1. The second kappa shape index (κ2) is 11.1. The number of piperidine rings is 2. The summed E-state index contributed by atoms with van der Waals surface area (Å²) in [6, 6.07) is 6.53. The van der Waals surface area contributed by atoms with Crippen molar-refractivity contribution in [2.45, 2.75) is 50.3 Å². The largest absolute Gasteiger partial charge is 0.494 e. The molecule has 2 aliphatic heterocycles. The molecule has 2 fully saturated rings. The summed E-state index contributed by atoms with van der Waals surface area (Å²) in [7, 11) is -3.54. The SMILES string of the molecule is CCOc1ccc(S(=O)(=O)N2CCC(C(=O)NCCCN3CCCCC3)CC2)cc1. The lowest BCUT2D eigenvalue weighted by Gasteiger charge is -2.30. The molecule has 0 atom stereocenters. The Hall–Kier alpha value is -1.64. The summed E-state index contributed by atoms with van der Waals surface area (Å²) in [5, 5.41) is 3.05. The fourth-order valence-corrected chi connectivity index (χ4v) is 5.69. The van der Waals surface area contributed by atoms with E-state index in [1.165, 1.54) is 36.7 Å². The van der Waals surface area contributed by atoms with Gasteiger partial charge in [-0.3, -0.25) is 4.79 Å². The predicted octanol–water partition coefficient (Wildman–Crippen LogP) is 2.48. The monoisotopic (exact) mass is 437 g/mol. The highest BCUT2D eigenvalue weighted by Gasteiger charge is 2.32. The maximum absolute atomic E-state index is 12.9. The van der Waals surface area contributed by atoms with Crippen LogP contribution in [0.25, 0.3) is 0 Å². The molecular weight excluding hydrogens is 402 g/mol. The summed E-state index contributed by atoms with van der Waals surface area (Å²) in [5.41, 5.74) is 0. The molecule has 1 aromatic rings. The highest BCUT2D eigenvalue weighted by Crippen LogP contribution is 2.25. The van der Waals surface area contributed by atoms with E-state index < -0.39 is 10.0 Å². The van der Waals surface area contributed by atoms with E-state index in [9.17, 15) is 13.2 Å². The molecule has 2 aliphatic rings. The van der Waals surface area contributed by atoms with Gasteiger partial charge in [0.05, 0.1) is 11.5 Å².